The van der Waals surface area contributed by atoms with Gasteiger partial charge in [0.15, 0.2) is 0 Å². The number of rotatable bonds is 10. The fourth-order valence-electron chi connectivity index (χ4n) is 3.90. The van der Waals surface area contributed by atoms with Crippen LogP contribution in [-0.2, 0) is 26.2 Å². The molecule has 0 heterocycles. The molecule has 2 amide bonds. The van der Waals surface area contributed by atoms with Crippen LogP contribution >= 0.6 is 23.2 Å². The van der Waals surface area contributed by atoms with Gasteiger partial charge in [0.1, 0.15) is 18.4 Å². The number of nitrogens with one attached hydrogen (secondary N) is 1. The molecule has 0 bridgehead atoms. The molecule has 38 heavy (non-hydrogen) atoms. The molecule has 202 valence electrons. The first-order valence-electron chi connectivity index (χ1n) is 11.8. The van der Waals surface area contributed by atoms with E-state index < -0.39 is 40.2 Å². The molecule has 0 aliphatic carbocycles. The summed E-state index contributed by atoms with van der Waals surface area (Å²) in [7, 11) is -2.83. The number of benzene rings is 3. The van der Waals surface area contributed by atoms with E-state index in [1.165, 1.54) is 66.5 Å². The van der Waals surface area contributed by atoms with Crippen LogP contribution in [0.5, 0.6) is 0 Å². The minimum Gasteiger partial charge on any atom is -0.357 e. The minimum atomic E-state index is -4.28. The number of carbonyl (C=O) groups excluding carboxylic acids is 2. The van der Waals surface area contributed by atoms with Gasteiger partial charge in [0.05, 0.1) is 15.6 Å². The quantitative estimate of drug-likeness (QED) is 0.358. The Bertz CT molecular complexity index is 1400. The van der Waals surface area contributed by atoms with Crippen LogP contribution in [0.25, 0.3) is 0 Å². The Morgan fingerprint density at radius 2 is 1.63 bits per heavy atom. The molecule has 0 aliphatic heterocycles. The van der Waals surface area contributed by atoms with E-state index in [2.05, 4.69) is 5.32 Å². The molecule has 3 aromatic carbocycles. The molecule has 1 unspecified atom stereocenters. The highest BCUT2D eigenvalue weighted by Crippen LogP contribution is 2.33. The van der Waals surface area contributed by atoms with Crippen LogP contribution in [0.1, 0.15) is 24.5 Å². The highest BCUT2D eigenvalue weighted by atomic mass is 35.5. The second-order valence-electron chi connectivity index (χ2n) is 8.61. The standard InChI is InChI=1S/C27H28Cl2FN3O4S/c1-4-24(27(35)31-3)32(16-19-7-10-21(30)11-8-19)26(34)17-33(25-15-20(28)9-14-23(25)29)38(36,37)22-12-5-18(2)6-13-22/h5-15,24H,4,16-17H2,1-3H3,(H,31,35). The third-order valence-electron chi connectivity index (χ3n) is 5.96. The number of nitrogens with zero attached hydrogens (tertiary/aromatic N) is 2. The molecule has 0 radical (unpaired) electrons. The van der Waals surface area contributed by atoms with Gasteiger partial charge >= 0.3 is 0 Å². The minimum absolute atomic E-state index is 0.0165. The lowest BCUT2D eigenvalue weighted by Gasteiger charge is -2.33. The maximum atomic E-state index is 13.8. The summed E-state index contributed by atoms with van der Waals surface area (Å²) in [6, 6.07) is 15.1. The van der Waals surface area contributed by atoms with Crippen LogP contribution in [0, 0.1) is 12.7 Å². The molecule has 11 heteroatoms. The first-order chi connectivity index (χ1) is 18.0. The molecule has 0 aliphatic rings. The Morgan fingerprint density at radius 1 is 1.00 bits per heavy atom. The van der Waals surface area contributed by atoms with Crippen molar-refractivity contribution in [2.24, 2.45) is 0 Å². The van der Waals surface area contributed by atoms with Crippen molar-refractivity contribution >= 4 is 50.7 Å². The smallest absolute Gasteiger partial charge is 0.264 e. The lowest BCUT2D eigenvalue weighted by molar-refractivity contribution is -0.140. The van der Waals surface area contributed by atoms with Crippen LogP contribution in [-0.4, -0.2) is 44.8 Å². The normalized spacial score (nSPS) is 12.1. The van der Waals surface area contributed by atoms with Gasteiger partial charge in [-0.3, -0.25) is 13.9 Å². The number of amides is 2. The summed E-state index contributed by atoms with van der Waals surface area (Å²) in [5, 5.41) is 2.84. The van der Waals surface area contributed by atoms with Crippen LogP contribution in [0.3, 0.4) is 0 Å². The van der Waals surface area contributed by atoms with E-state index in [9.17, 15) is 22.4 Å². The first kappa shape index (κ1) is 29.4. The molecule has 1 atom stereocenters. The number of halogens is 3. The molecule has 0 saturated heterocycles. The fraction of sp³-hybridized carbons (Fsp3) is 0.259. The van der Waals surface area contributed by atoms with Crippen molar-refractivity contribution < 1.29 is 22.4 Å². The Morgan fingerprint density at radius 3 is 2.21 bits per heavy atom. The third-order valence-corrected chi connectivity index (χ3v) is 8.29. The van der Waals surface area contributed by atoms with E-state index in [0.717, 1.165) is 9.87 Å². The van der Waals surface area contributed by atoms with Crippen molar-refractivity contribution in [1.29, 1.82) is 0 Å². The van der Waals surface area contributed by atoms with Crippen molar-refractivity contribution in [3.05, 3.63) is 93.7 Å². The van der Waals surface area contributed by atoms with Crippen LogP contribution < -0.4 is 9.62 Å². The van der Waals surface area contributed by atoms with Crippen molar-refractivity contribution in [2.45, 2.75) is 37.8 Å². The average molecular weight is 581 g/mol. The highest BCUT2D eigenvalue weighted by Gasteiger charge is 2.34. The number of aryl methyl sites for hydroxylation is 1. The monoisotopic (exact) mass is 579 g/mol. The zero-order chi connectivity index (χ0) is 28.0. The molecule has 0 aromatic heterocycles. The lowest BCUT2D eigenvalue weighted by Crippen LogP contribution is -2.51. The number of carbonyl (C=O) groups is 2. The van der Waals surface area contributed by atoms with Crippen molar-refractivity contribution in [3.8, 4) is 0 Å². The van der Waals surface area contributed by atoms with Crippen molar-refractivity contribution in [2.75, 3.05) is 17.9 Å². The SMILES string of the molecule is CCC(C(=O)NC)N(Cc1ccc(F)cc1)C(=O)CN(c1cc(Cl)ccc1Cl)S(=O)(=O)c1ccc(C)cc1. The van der Waals surface area contributed by atoms with Gasteiger partial charge in [0.2, 0.25) is 11.8 Å². The number of hydrogen-bond donors (Lipinski definition) is 1. The summed E-state index contributed by atoms with van der Waals surface area (Å²) in [6.07, 6.45) is 0.259. The number of likely N-dealkylation sites (N-methyl/N-ethyl adjacent to an activating group) is 1. The summed E-state index contributed by atoms with van der Waals surface area (Å²) >= 11 is 12.6. The van der Waals surface area contributed by atoms with Gasteiger partial charge in [-0.05, 0) is 61.4 Å². The summed E-state index contributed by atoms with van der Waals surface area (Å²) in [5.41, 5.74) is 1.44. The van der Waals surface area contributed by atoms with E-state index in [0.29, 0.717) is 5.56 Å². The summed E-state index contributed by atoms with van der Waals surface area (Å²) in [5.74, 6) is -1.52. The van der Waals surface area contributed by atoms with Crippen LogP contribution in [0.2, 0.25) is 10.0 Å². The number of anilines is 1. The molecular formula is C27H28Cl2FN3O4S. The number of sulfonamides is 1. The molecular weight excluding hydrogens is 552 g/mol. The first-order valence-corrected chi connectivity index (χ1v) is 14.0. The van der Waals surface area contributed by atoms with Crippen molar-refractivity contribution in [1.82, 2.24) is 10.2 Å². The van der Waals surface area contributed by atoms with Gasteiger partial charge in [-0.2, -0.15) is 0 Å². The van der Waals surface area contributed by atoms with E-state index in [4.69, 9.17) is 23.2 Å². The van der Waals surface area contributed by atoms with Crippen LogP contribution in [0.4, 0.5) is 10.1 Å². The summed E-state index contributed by atoms with van der Waals surface area (Å²) in [4.78, 5) is 27.8. The van der Waals surface area contributed by atoms with Gasteiger partial charge in [-0.25, -0.2) is 12.8 Å². The zero-order valence-electron chi connectivity index (χ0n) is 21.1. The molecule has 3 rings (SSSR count). The second-order valence-corrected chi connectivity index (χ2v) is 11.3. The summed E-state index contributed by atoms with van der Waals surface area (Å²) in [6.45, 7) is 2.85. The summed E-state index contributed by atoms with van der Waals surface area (Å²) < 4.78 is 42.0. The topological polar surface area (TPSA) is 86.8 Å². The molecule has 0 saturated carbocycles. The molecule has 3 aromatic rings. The zero-order valence-corrected chi connectivity index (χ0v) is 23.4. The van der Waals surface area contributed by atoms with Crippen LogP contribution in [0.15, 0.2) is 71.6 Å². The fourth-order valence-corrected chi connectivity index (χ4v) is 5.76. The molecule has 0 spiro atoms. The van der Waals surface area contributed by atoms with Gasteiger partial charge < -0.3 is 10.2 Å². The Labute approximate surface area is 232 Å². The average Bonchev–Trinajstić information content (AvgIpc) is 2.89. The van der Waals surface area contributed by atoms with E-state index in [1.807, 2.05) is 6.92 Å². The van der Waals surface area contributed by atoms with Gasteiger partial charge in [0, 0.05) is 18.6 Å². The lowest BCUT2D eigenvalue weighted by atomic mass is 10.1. The predicted octanol–water partition coefficient (Wildman–Crippen LogP) is 5.19. The molecule has 1 N–H and O–H groups in total. The van der Waals surface area contributed by atoms with E-state index in [1.54, 1.807) is 19.1 Å². The Kier molecular flexibility index (Phi) is 9.76. The Hall–Kier alpha value is -3.14. The van der Waals surface area contributed by atoms with Gasteiger partial charge in [-0.15, -0.1) is 0 Å². The van der Waals surface area contributed by atoms with Gasteiger partial charge in [-0.1, -0.05) is 60.0 Å². The Balaban J connectivity index is 2.10. The predicted molar refractivity (Wildman–Crippen MR) is 147 cm³/mol. The molecule has 0 fully saturated rings. The number of hydrogen-bond acceptors (Lipinski definition) is 4. The van der Waals surface area contributed by atoms with E-state index in [-0.39, 0.29) is 33.6 Å². The highest BCUT2D eigenvalue weighted by molar-refractivity contribution is 7.92. The second kappa shape index (κ2) is 12.6. The van der Waals surface area contributed by atoms with E-state index >= 15 is 0 Å². The molecule has 7 nitrogen and oxygen atoms in total. The maximum absolute atomic E-state index is 13.8. The third kappa shape index (κ3) is 6.83. The maximum Gasteiger partial charge on any atom is 0.264 e. The largest absolute Gasteiger partial charge is 0.357 e. The van der Waals surface area contributed by atoms with Gasteiger partial charge in [0.25, 0.3) is 10.0 Å². The van der Waals surface area contributed by atoms with Crippen molar-refractivity contribution in [3.63, 3.8) is 0 Å².